The van der Waals surface area contributed by atoms with Crippen molar-refractivity contribution in [3.05, 3.63) is 24.3 Å². The lowest BCUT2D eigenvalue weighted by molar-refractivity contribution is 0.789. The third-order valence-electron chi connectivity index (χ3n) is 2.65. The lowest BCUT2D eigenvalue weighted by atomic mass is 10.3. The Bertz CT molecular complexity index is 371. The Morgan fingerprint density at radius 1 is 0.941 bits per heavy atom. The van der Waals surface area contributed by atoms with Gasteiger partial charge < -0.3 is 0 Å². The van der Waals surface area contributed by atoms with E-state index in [-0.39, 0.29) is 12.7 Å². The second-order valence-electron chi connectivity index (χ2n) is 6.41. The van der Waals surface area contributed by atoms with Crippen LogP contribution in [0, 0.1) is 0 Å². The maximum absolute atomic E-state index is 2.40. The average Bonchev–Trinajstić information content (AvgIpc) is 2.13. The van der Waals surface area contributed by atoms with Gasteiger partial charge in [0, 0.05) is 9.64 Å². The fourth-order valence-corrected chi connectivity index (χ4v) is 4.48. The second kappa shape index (κ2) is 5.33. The summed E-state index contributed by atoms with van der Waals surface area (Å²) in [5, 5.41) is 1.93. The monoisotopic (exact) mass is 268 g/mol. The summed E-state index contributed by atoms with van der Waals surface area (Å²) < 4.78 is 0.282. The van der Waals surface area contributed by atoms with Crippen molar-refractivity contribution < 1.29 is 0 Å². The van der Waals surface area contributed by atoms with E-state index >= 15 is 0 Å². The van der Waals surface area contributed by atoms with Gasteiger partial charge in [-0.2, -0.15) is 0 Å². The molecule has 0 aliphatic heterocycles. The minimum Gasteiger partial charge on any atom is -0.120 e. The summed E-state index contributed by atoms with van der Waals surface area (Å²) in [6.45, 7) is 16.3. The Balaban J connectivity index is 3.08. The molecule has 0 fully saturated rings. The van der Waals surface area contributed by atoms with Gasteiger partial charge in [0.2, 0.25) is 0 Å². The molecule has 0 saturated carbocycles. The van der Waals surface area contributed by atoms with Gasteiger partial charge in [0.25, 0.3) is 0 Å². The summed E-state index contributed by atoms with van der Waals surface area (Å²) in [7, 11) is -0.111. The highest BCUT2D eigenvalue weighted by atomic mass is 32.2. The van der Waals surface area contributed by atoms with Gasteiger partial charge >= 0.3 is 0 Å². The summed E-state index contributed by atoms with van der Waals surface area (Å²) >= 11 is 1.99. The summed E-state index contributed by atoms with van der Waals surface area (Å²) in [5.41, 5.74) is 0. The topological polar surface area (TPSA) is 0 Å². The number of hydrogen-bond acceptors (Lipinski definition) is 1. The van der Waals surface area contributed by atoms with Gasteiger partial charge in [-0.05, 0) is 23.2 Å². The van der Waals surface area contributed by atoms with Crippen LogP contribution in [0.1, 0.15) is 41.5 Å². The Morgan fingerprint density at radius 3 is 1.94 bits per heavy atom. The molecule has 1 rings (SSSR count). The molecule has 0 bridgehead atoms. The van der Waals surface area contributed by atoms with Crippen LogP contribution in [0.25, 0.3) is 0 Å². The van der Waals surface area contributed by atoms with Crippen LogP contribution in [-0.2, 0) is 0 Å². The van der Waals surface area contributed by atoms with E-state index in [0.717, 1.165) is 0 Å². The predicted molar refractivity (Wildman–Crippen MR) is 84.3 cm³/mol. The Hall–Kier alpha value is -0.0000000000000000555. The first-order valence-electron chi connectivity index (χ1n) is 6.13. The van der Waals surface area contributed by atoms with Crippen molar-refractivity contribution >= 4 is 25.0 Å². The van der Waals surface area contributed by atoms with E-state index in [1.165, 1.54) is 4.90 Å². The van der Waals surface area contributed by atoms with Crippen molar-refractivity contribution in [1.29, 1.82) is 0 Å². The van der Waals surface area contributed by atoms with Crippen molar-refractivity contribution in [2.45, 2.75) is 56.3 Å². The van der Waals surface area contributed by atoms with E-state index in [0.29, 0.717) is 5.16 Å². The molecule has 1 aromatic carbocycles. The van der Waals surface area contributed by atoms with Crippen LogP contribution in [0.3, 0.4) is 0 Å². The van der Waals surface area contributed by atoms with E-state index < -0.39 is 0 Å². The molecule has 0 aromatic heterocycles. The molecule has 1 aromatic rings. The molecule has 0 spiro atoms. The van der Waals surface area contributed by atoms with Crippen LogP contribution < -0.4 is 5.30 Å². The molecule has 0 aliphatic rings. The van der Waals surface area contributed by atoms with Crippen LogP contribution in [0.4, 0.5) is 0 Å². The SMILES string of the molecule is CP(c1ccccc1SC(C)(C)C)C(C)(C)C. The van der Waals surface area contributed by atoms with Crippen molar-refractivity contribution in [1.82, 2.24) is 0 Å². The molecule has 1 atom stereocenters. The third kappa shape index (κ3) is 4.64. The van der Waals surface area contributed by atoms with Crippen molar-refractivity contribution in [3.63, 3.8) is 0 Å². The van der Waals surface area contributed by atoms with E-state index in [1.54, 1.807) is 5.30 Å². The van der Waals surface area contributed by atoms with E-state index in [2.05, 4.69) is 72.5 Å². The molecular formula is C15H25PS. The summed E-state index contributed by atoms with van der Waals surface area (Å²) in [6, 6.07) is 8.91. The zero-order chi connectivity index (χ0) is 13.3. The summed E-state index contributed by atoms with van der Waals surface area (Å²) in [5.74, 6) is 0. The second-order valence-corrected chi connectivity index (χ2v) is 11.2. The number of benzene rings is 1. The molecule has 17 heavy (non-hydrogen) atoms. The van der Waals surface area contributed by atoms with Crippen LogP contribution >= 0.6 is 19.7 Å². The van der Waals surface area contributed by atoms with Crippen molar-refractivity contribution in [2.75, 3.05) is 6.66 Å². The molecule has 0 saturated heterocycles. The van der Waals surface area contributed by atoms with E-state index in [9.17, 15) is 0 Å². The summed E-state index contributed by atoms with van der Waals surface area (Å²) in [4.78, 5) is 1.46. The van der Waals surface area contributed by atoms with Gasteiger partial charge in [0.15, 0.2) is 0 Å². The largest absolute Gasteiger partial charge is 0.120 e. The minimum absolute atomic E-state index is 0.111. The molecule has 0 nitrogen and oxygen atoms in total. The smallest absolute Gasteiger partial charge is 0.0154 e. The first-order valence-corrected chi connectivity index (χ1v) is 8.74. The van der Waals surface area contributed by atoms with Crippen LogP contribution in [0.5, 0.6) is 0 Å². The molecule has 0 radical (unpaired) electrons. The van der Waals surface area contributed by atoms with E-state index in [1.807, 2.05) is 11.8 Å². The zero-order valence-corrected chi connectivity index (χ0v) is 13.9. The van der Waals surface area contributed by atoms with Crippen LogP contribution in [0.15, 0.2) is 29.2 Å². The van der Waals surface area contributed by atoms with Crippen LogP contribution in [-0.4, -0.2) is 16.6 Å². The molecule has 0 N–H and O–H groups in total. The lowest BCUT2D eigenvalue weighted by Crippen LogP contribution is -2.21. The Kier molecular flexibility index (Phi) is 4.72. The predicted octanol–water partition coefficient (Wildman–Crippen LogP) is 5.11. The standard InChI is InChI=1S/C15H25PS/c1-14(2,3)16(7)12-10-8-9-11-13(12)17-15(4,5)6/h8-11H,1-7H3. The fraction of sp³-hybridized carbons (Fsp3) is 0.600. The van der Waals surface area contributed by atoms with Gasteiger partial charge in [0.05, 0.1) is 0 Å². The first-order chi connectivity index (χ1) is 7.61. The molecule has 96 valence electrons. The molecule has 0 aliphatic carbocycles. The molecule has 2 heteroatoms. The Labute approximate surface area is 112 Å². The average molecular weight is 268 g/mol. The van der Waals surface area contributed by atoms with Gasteiger partial charge in [-0.25, -0.2) is 0 Å². The van der Waals surface area contributed by atoms with E-state index in [4.69, 9.17) is 0 Å². The quantitative estimate of drug-likeness (QED) is 0.530. The molecule has 0 amide bonds. The molecule has 0 heterocycles. The third-order valence-corrected chi connectivity index (χ3v) is 7.11. The molecular weight excluding hydrogens is 243 g/mol. The maximum atomic E-state index is 2.40. The van der Waals surface area contributed by atoms with Gasteiger partial charge in [-0.15, -0.1) is 11.8 Å². The van der Waals surface area contributed by atoms with Crippen LogP contribution in [0.2, 0.25) is 0 Å². The number of hydrogen-bond donors (Lipinski definition) is 0. The van der Waals surface area contributed by atoms with Gasteiger partial charge in [-0.3, -0.25) is 0 Å². The van der Waals surface area contributed by atoms with Crippen molar-refractivity contribution in [2.24, 2.45) is 0 Å². The minimum atomic E-state index is -0.111. The maximum Gasteiger partial charge on any atom is 0.0154 e. The summed E-state index contributed by atoms with van der Waals surface area (Å²) in [6.07, 6.45) is 0. The van der Waals surface area contributed by atoms with Crippen molar-refractivity contribution in [3.8, 4) is 0 Å². The highest BCUT2D eigenvalue weighted by molar-refractivity contribution is 8.01. The number of rotatable bonds is 2. The van der Waals surface area contributed by atoms with Gasteiger partial charge in [-0.1, -0.05) is 67.7 Å². The zero-order valence-electron chi connectivity index (χ0n) is 12.2. The highest BCUT2D eigenvalue weighted by Gasteiger charge is 2.24. The normalized spacial score (nSPS) is 14.8. The fourth-order valence-electron chi connectivity index (χ4n) is 1.51. The number of thioether (sulfide) groups is 1. The van der Waals surface area contributed by atoms with Gasteiger partial charge in [0.1, 0.15) is 0 Å². The first kappa shape index (κ1) is 15.1. The molecule has 1 unspecified atom stereocenters. The lowest BCUT2D eigenvalue weighted by Gasteiger charge is -2.31. The Morgan fingerprint density at radius 2 is 1.47 bits per heavy atom. The highest BCUT2D eigenvalue weighted by Crippen LogP contribution is 2.47.